The number of nitrogens with zero attached hydrogens (tertiary/aromatic N) is 1. The summed E-state index contributed by atoms with van der Waals surface area (Å²) in [6, 6.07) is -1.36. The Kier molecular flexibility index (Phi) is 7.55. The SMILES string of the molecule is CCCNC(=O)[C@@H]1[C@H]2C(=O)N([C@@H](CC)CO)C(C(=O)NC(C)CCC)C23CC[C@@]1(CC)O3. The van der Waals surface area contributed by atoms with Crippen LogP contribution in [0.5, 0.6) is 0 Å². The van der Waals surface area contributed by atoms with E-state index in [9.17, 15) is 19.5 Å². The highest BCUT2D eigenvalue weighted by molar-refractivity contribution is 5.99. The second kappa shape index (κ2) is 9.67. The highest BCUT2D eigenvalue weighted by atomic mass is 16.5. The van der Waals surface area contributed by atoms with E-state index in [1.807, 2.05) is 27.7 Å². The first-order chi connectivity index (χ1) is 15.3. The second-order valence-electron chi connectivity index (χ2n) is 9.81. The predicted molar refractivity (Wildman–Crippen MR) is 121 cm³/mol. The smallest absolute Gasteiger partial charge is 0.246 e. The van der Waals surface area contributed by atoms with E-state index in [1.54, 1.807) is 4.90 Å². The standard InChI is InChI=1S/C24H41N3O5/c1-6-10-15(5)26-21(30)19-24-12-11-23(9-4,32-24)17(20(29)25-13-7-2)18(24)22(31)27(19)16(8-3)14-28/h15-19,28H,6-14H2,1-5H3,(H,25,29)(H,26,30)/t15?,16-,17-,18-,19?,23+,24?/m0/s1. The first-order valence-corrected chi connectivity index (χ1v) is 12.5. The number of carbonyl (C=O) groups is 3. The Hall–Kier alpha value is -1.67. The Bertz CT molecular complexity index is 726. The number of hydrogen-bond acceptors (Lipinski definition) is 5. The molecule has 0 radical (unpaired) electrons. The third-order valence-corrected chi connectivity index (χ3v) is 7.88. The van der Waals surface area contributed by atoms with E-state index in [4.69, 9.17) is 4.74 Å². The molecule has 0 aliphatic carbocycles. The third-order valence-electron chi connectivity index (χ3n) is 7.88. The molecule has 182 valence electrons. The molecule has 32 heavy (non-hydrogen) atoms. The Morgan fingerprint density at radius 2 is 1.91 bits per heavy atom. The van der Waals surface area contributed by atoms with Crippen molar-refractivity contribution in [1.29, 1.82) is 0 Å². The minimum Gasteiger partial charge on any atom is -0.394 e. The Labute approximate surface area is 191 Å². The number of aliphatic hydroxyl groups is 1. The van der Waals surface area contributed by atoms with Gasteiger partial charge < -0.3 is 25.4 Å². The first kappa shape index (κ1) is 25.0. The van der Waals surface area contributed by atoms with Crippen LogP contribution in [0, 0.1) is 11.8 Å². The summed E-state index contributed by atoms with van der Waals surface area (Å²) < 4.78 is 6.68. The van der Waals surface area contributed by atoms with Gasteiger partial charge in [0.1, 0.15) is 11.6 Å². The van der Waals surface area contributed by atoms with Crippen LogP contribution in [0.1, 0.15) is 79.6 Å². The quantitative estimate of drug-likeness (QED) is 0.444. The number of ether oxygens (including phenoxy) is 1. The lowest BCUT2D eigenvalue weighted by molar-refractivity contribution is -0.151. The Balaban J connectivity index is 2.05. The van der Waals surface area contributed by atoms with E-state index in [0.29, 0.717) is 32.2 Å². The molecule has 3 unspecified atom stereocenters. The summed E-state index contributed by atoms with van der Waals surface area (Å²) in [5, 5.41) is 16.1. The zero-order chi connectivity index (χ0) is 23.7. The summed E-state index contributed by atoms with van der Waals surface area (Å²) >= 11 is 0. The molecule has 3 fully saturated rings. The van der Waals surface area contributed by atoms with Crippen LogP contribution in [-0.2, 0) is 19.1 Å². The molecule has 3 aliphatic rings. The maximum absolute atomic E-state index is 13.9. The van der Waals surface area contributed by atoms with Crippen LogP contribution >= 0.6 is 0 Å². The third kappa shape index (κ3) is 3.73. The molecule has 3 heterocycles. The predicted octanol–water partition coefficient (Wildman–Crippen LogP) is 1.74. The summed E-state index contributed by atoms with van der Waals surface area (Å²) in [5.41, 5.74) is -1.75. The lowest BCUT2D eigenvalue weighted by Gasteiger charge is -2.37. The number of hydrogen-bond donors (Lipinski definition) is 3. The van der Waals surface area contributed by atoms with Crippen molar-refractivity contribution in [1.82, 2.24) is 15.5 Å². The largest absolute Gasteiger partial charge is 0.394 e. The van der Waals surface area contributed by atoms with Crippen molar-refractivity contribution in [2.45, 2.75) is 109 Å². The van der Waals surface area contributed by atoms with Crippen molar-refractivity contribution in [3.8, 4) is 0 Å². The number of carbonyl (C=O) groups excluding carboxylic acids is 3. The molecule has 3 amide bonds. The first-order valence-electron chi connectivity index (χ1n) is 12.5. The van der Waals surface area contributed by atoms with Gasteiger partial charge in [-0.05, 0) is 45.4 Å². The minimum atomic E-state index is -1.03. The summed E-state index contributed by atoms with van der Waals surface area (Å²) in [6.45, 7) is 10.2. The highest BCUT2D eigenvalue weighted by Crippen LogP contribution is 2.64. The van der Waals surface area contributed by atoms with Crippen LogP contribution in [0.15, 0.2) is 0 Å². The maximum Gasteiger partial charge on any atom is 0.246 e. The van der Waals surface area contributed by atoms with Crippen LogP contribution < -0.4 is 10.6 Å². The number of rotatable bonds is 11. The molecule has 0 aromatic rings. The van der Waals surface area contributed by atoms with E-state index in [0.717, 1.165) is 19.3 Å². The van der Waals surface area contributed by atoms with Gasteiger partial charge in [-0.1, -0.05) is 34.1 Å². The van der Waals surface area contributed by atoms with Crippen molar-refractivity contribution in [3.05, 3.63) is 0 Å². The molecule has 8 heteroatoms. The van der Waals surface area contributed by atoms with Gasteiger partial charge in [-0.3, -0.25) is 14.4 Å². The van der Waals surface area contributed by atoms with Crippen molar-refractivity contribution in [2.75, 3.05) is 13.2 Å². The van der Waals surface area contributed by atoms with E-state index in [1.165, 1.54) is 0 Å². The lowest BCUT2D eigenvalue weighted by atomic mass is 9.65. The zero-order valence-electron chi connectivity index (χ0n) is 20.3. The number of fused-ring (bicyclic) bond motifs is 1. The molecule has 3 aliphatic heterocycles. The van der Waals surface area contributed by atoms with E-state index >= 15 is 0 Å². The molecule has 0 aromatic heterocycles. The molecular formula is C24H41N3O5. The molecule has 2 bridgehead atoms. The fourth-order valence-electron chi connectivity index (χ4n) is 6.35. The lowest BCUT2D eigenvalue weighted by Crippen LogP contribution is -2.59. The molecule has 7 atom stereocenters. The normalized spacial score (nSPS) is 35.0. The maximum atomic E-state index is 13.9. The number of likely N-dealkylation sites (tertiary alicyclic amines) is 1. The number of nitrogens with one attached hydrogen (secondary N) is 2. The van der Waals surface area contributed by atoms with Crippen LogP contribution in [0.4, 0.5) is 0 Å². The van der Waals surface area contributed by atoms with Gasteiger partial charge >= 0.3 is 0 Å². The van der Waals surface area contributed by atoms with E-state index in [-0.39, 0.29) is 30.4 Å². The summed E-state index contributed by atoms with van der Waals surface area (Å²) in [7, 11) is 0. The number of amides is 3. The summed E-state index contributed by atoms with van der Waals surface area (Å²) in [5.74, 6) is -1.96. The molecule has 3 N–H and O–H groups in total. The van der Waals surface area contributed by atoms with Crippen molar-refractivity contribution in [2.24, 2.45) is 11.8 Å². The van der Waals surface area contributed by atoms with Gasteiger partial charge in [-0.25, -0.2) is 0 Å². The Morgan fingerprint density at radius 1 is 1.19 bits per heavy atom. The zero-order valence-corrected chi connectivity index (χ0v) is 20.3. The fraction of sp³-hybridized carbons (Fsp3) is 0.875. The van der Waals surface area contributed by atoms with Gasteiger partial charge in [0.25, 0.3) is 0 Å². The average molecular weight is 452 g/mol. The fourth-order valence-corrected chi connectivity index (χ4v) is 6.35. The van der Waals surface area contributed by atoms with Gasteiger partial charge in [0.05, 0.1) is 30.1 Å². The van der Waals surface area contributed by atoms with Gasteiger partial charge in [-0.15, -0.1) is 0 Å². The molecule has 3 saturated heterocycles. The van der Waals surface area contributed by atoms with E-state index < -0.39 is 35.1 Å². The minimum absolute atomic E-state index is 0.0310. The summed E-state index contributed by atoms with van der Waals surface area (Å²) in [6.07, 6.45) is 4.92. The topological polar surface area (TPSA) is 108 Å². The van der Waals surface area contributed by atoms with Crippen LogP contribution in [0.25, 0.3) is 0 Å². The van der Waals surface area contributed by atoms with Gasteiger partial charge in [0.2, 0.25) is 17.7 Å². The second-order valence-corrected chi connectivity index (χ2v) is 9.81. The van der Waals surface area contributed by atoms with Crippen LogP contribution in [0.3, 0.4) is 0 Å². The van der Waals surface area contributed by atoms with Crippen molar-refractivity contribution in [3.63, 3.8) is 0 Å². The Morgan fingerprint density at radius 3 is 2.47 bits per heavy atom. The molecule has 0 aromatic carbocycles. The van der Waals surface area contributed by atoms with Crippen LogP contribution in [0.2, 0.25) is 0 Å². The van der Waals surface area contributed by atoms with Crippen LogP contribution in [-0.4, -0.2) is 70.2 Å². The summed E-state index contributed by atoms with van der Waals surface area (Å²) in [4.78, 5) is 42.3. The molecule has 1 spiro atoms. The van der Waals surface area contributed by atoms with E-state index in [2.05, 4.69) is 17.6 Å². The van der Waals surface area contributed by atoms with Crippen molar-refractivity contribution < 1.29 is 24.2 Å². The van der Waals surface area contributed by atoms with Gasteiger partial charge in [-0.2, -0.15) is 0 Å². The molecule has 0 saturated carbocycles. The van der Waals surface area contributed by atoms with Gasteiger partial charge in [0.15, 0.2) is 0 Å². The molecule has 8 nitrogen and oxygen atoms in total. The average Bonchev–Trinajstić information content (AvgIpc) is 3.37. The molecular weight excluding hydrogens is 410 g/mol. The monoisotopic (exact) mass is 451 g/mol. The van der Waals surface area contributed by atoms with Gasteiger partial charge in [0, 0.05) is 12.6 Å². The highest BCUT2D eigenvalue weighted by Gasteiger charge is 2.79. The van der Waals surface area contributed by atoms with Crippen molar-refractivity contribution >= 4 is 17.7 Å². The molecule has 3 rings (SSSR count). The number of aliphatic hydroxyl groups excluding tert-OH is 1.